The maximum Gasteiger partial charge on any atom is 0.423 e. The number of aromatic nitrogens is 4. The van der Waals surface area contributed by atoms with E-state index in [1.54, 1.807) is 0 Å². The van der Waals surface area contributed by atoms with Gasteiger partial charge in [0.25, 0.3) is 0 Å². The Morgan fingerprint density at radius 1 is 1.29 bits per heavy atom. The zero-order chi connectivity index (χ0) is 25.6. The van der Waals surface area contributed by atoms with Crippen molar-refractivity contribution >= 4 is 16.0 Å². The Bertz CT molecular complexity index is 1170. The summed E-state index contributed by atoms with van der Waals surface area (Å²) in [5.74, 6) is -1.33. The van der Waals surface area contributed by atoms with E-state index in [0.29, 0.717) is 6.20 Å². The molecule has 2 aliphatic rings. The second kappa shape index (κ2) is 9.11. The van der Waals surface area contributed by atoms with Gasteiger partial charge in [-0.1, -0.05) is 0 Å². The molecule has 16 heteroatoms. The molecule has 1 aliphatic heterocycles. The lowest BCUT2D eigenvalue weighted by atomic mass is 10.1. The van der Waals surface area contributed by atoms with Crippen LogP contribution in [0.3, 0.4) is 0 Å². The number of halogens is 6. The van der Waals surface area contributed by atoms with Crippen LogP contribution in [0.4, 0.5) is 32.3 Å². The molecule has 1 aliphatic carbocycles. The molecule has 0 spiro atoms. The SMILES string of the molecule is Cn1cc(S(=O)(=O)N2CC[C@@H](Nc3ncc(C(F)(F)F)c(OCC4(C(F)F)CC4)n3)[C@H](F)C2)cn1. The molecule has 2 aromatic heterocycles. The van der Waals surface area contributed by atoms with Crippen LogP contribution in [0, 0.1) is 5.41 Å². The average Bonchev–Trinajstić information content (AvgIpc) is 3.45. The van der Waals surface area contributed by atoms with Crippen LogP contribution in [0.2, 0.25) is 0 Å². The molecule has 0 amide bonds. The van der Waals surface area contributed by atoms with E-state index in [0.717, 1.165) is 10.5 Å². The molecule has 0 bridgehead atoms. The summed E-state index contributed by atoms with van der Waals surface area (Å²) < 4.78 is 114. The highest BCUT2D eigenvalue weighted by molar-refractivity contribution is 7.89. The number of sulfonamides is 1. The summed E-state index contributed by atoms with van der Waals surface area (Å²) in [6.07, 6.45) is -6.33. The first-order valence-corrected chi connectivity index (χ1v) is 12.0. The molecule has 9 nitrogen and oxygen atoms in total. The number of nitrogens with zero attached hydrogens (tertiary/aromatic N) is 5. The van der Waals surface area contributed by atoms with Crippen molar-refractivity contribution in [1.29, 1.82) is 0 Å². The number of nitrogens with one attached hydrogen (secondary N) is 1. The number of hydrogen-bond donors (Lipinski definition) is 1. The van der Waals surface area contributed by atoms with E-state index in [9.17, 15) is 34.8 Å². The molecular weight excluding hydrogens is 506 g/mol. The monoisotopic (exact) mass is 528 g/mol. The predicted octanol–water partition coefficient (Wildman–Crippen LogP) is 2.87. The Labute approximate surface area is 196 Å². The van der Waals surface area contributed by atoms with Crippen molar-refractivity contribution in [2.75, 3.05) is 25.0 Å². The zero-order valence-electron chi connectivity index (χ0n) is 18.3. The second-order valence-corrected chi connectivity index (χ2v) is 10.6. The fourth-order valence-corrected chi connectivity index (χ4v) is 5.09. The average molecular weight is 528 g/mol. The number of aryl methyl sites for hydroxylation is 1. The van der Waals surface area contributed by atoms with Crippen LogP contribution < -0.4 is 10.1 Å². The molecule has 2 fully saturated rings. The first-order chi connectivity index (χ1) is 16.3. The van der Waals surface area contributed by atoms with Crippen LogP contribution in [-0.2, 0) is 23.2 Å². The van der Waals surface area contributed by atoms with Gasteiger partial charge < -0.3 is 10.1 Å². The molecule has 2 aromatic rings. The first kappa shape index (κ1) is 25.5. The van der Waals surface area contributed by atoms with Gasteiger partial charge in [0.2, 0.25) is 28.3 Å². The van der Waals surface area contributed by atoms with Gasteiger partial charge in [-0.05, 0) is 19.3 Å². The lowest BCUT2D eigenvalue weighted by Crippen LogP contribution is -2.50. The Hall–Kier alpha value is -2.62. The summed E-state index contributed by atoms with van der Waals surface area (Å²) in [7, 11) is -2.44. The third-order valence-electron chi connectivity index (χ3n) is 6.05. The molecule has 194 valence electrons. The van der Waals surface area contributed by atoms with Gasteiger partial charge in [-0.25, -0.2) is 26.6 Å². The maximum absolute atomic E-state index is 14.9. The van der Waals surface area contributed by atoms with Crippen LogP contribution in [0.1, 0.15) is 24.8 Å². The maximum atomic E-state index is 14.9. The summed E-state index contributed by atoms with van der Waals surface area (Å²) in [5.41, 5.74) is -2.85. The molecule has 4 rings (SSSR count). The molecule has 2 atom stereocenters. The van der Waals surface area contributed by atoms with E-state index >= 15 is 0 Å². The van der Waals surface area contributed by atoms with Gasteiger partial charge in [0.15, 0.2) is 0 Å². The molecule has 1 saturated carbocycles. The molecule has 1 N–H and O–H groups in total. The van der Waals surface area contributed by atoms with Gasteiger partial charge >= 0.3 is 6.18 Å². The normalized spacial score (nSPS) is 22.9. The highest BCUT2D eigenvalue weighted by Crippen LogP contribution is 2.51. The van der Waals surface area contributed by atoms with Crippen LogP contribution >= 0.6 is 0 Å². The Kier molecular flexibility index (Phi) is 6.63. The van der Waals surface area contributed by atoms with E-state index in [4.69, 9.17) is 4.74 Å². The largest absolute Gasteiger partial charge is 0.476 e. The molecule has 1 saturated heterocycles. The number of alkyl halides is 6. The van der Waals surface area contributed by atoms with Crippen molar-refractivity contribution in [2.45, 2.75) is 49.0 Å². The number of hydrogen-bond acceptors (Lipinski definition) is 7. The second-order valence-electron chi connectivity index (χ2n) is 8.63. The van der Waals surface area contributed by atoms with Crippen LogP contribution in [-0.4, -0.2) is 70.8 Å². The third-order valence-corrected chi connectivity index (χ3v) is 7.87. The highest BCUT2D eigenvalue weighted by atomic mass is 32.2. The van der Waals surface area contributed by atoms with E-state index in [1.807, 2.05) is 0 Å². The van der Waals surface area contributed by atoms with Gasteiger partial charge in [-0.2, -0.15) is 27.6 Å². The predicted molar refractivity (Wildman–Crippen MR) is 109 cm³/mol. The summed E-state index contributed by atoms with van der Waals surface area (Å²) in [4.78, 5) is 7.13. The minimum absolute atomic E-state index is 0.0320. The number of rotatable bonds is 8. The summed E-state index contributed by atoms with van der Waals surface area (Å²) in [6.45, 7) is -1.23. The third kappa shape index (κ3) is 5.32. The molecule has 35 heavy (non-hydrogen) atoms. The smallest absolute Gasteiger partial charge is 0.423 e. The minimum Gasteiger partial charge on any atom is -0.476 e. The molecule has 3 heterocycles. The van der Waals surface area contributed by atoms with Gasteiger partial charge in [-0.3, -0.25) is 4.68 Å². The summed E-state index contributed by atoms with van der Waals surface area (Å²) >= 11 is 0. The van der Waals surface area contributed by atoms with Crippen LogP contribution in [0.25, 0.3) is 0 Å². The molecule has 0 aromatic carbocycles. The fourth-order valence-electron chi connectivity index (χ4n) is 3.64. The summed E-state index contributed by atoms with van der Waals surface area (Å²) in [5, 5.41) is 6.37. The number of piperidine rings is 1. The van der Waals surface area contributed by atoms with E-state index in [2.05, 4.69) is 20.4 Å². The van der Waals surface area contributed by atoms with Gasteiger partial charge in [-0.15, -0.1) is 0 Å². The van der Waals surface area contributed by atoms with Crippen molar-refractivity contribution in [3.63, 3.8) is 0 Å². The minimum atomic E-state index is -4.90. The van der Waals surface area contributed by atoms with Crippen molar-refractivity contribution in [3.8, 4) is 5.88 Å². The standard InChI is InChI=1S/C19H22F6N6O3S/c1-30-8-11(6-27-30)35(32,33)31-5-2-14(13(20)9-31)28-17-26-7-12(19(23,24)25)15(29-17)34-10-18(3-4-18)16(21)22/h6-8,13-14,16H,2-5,9-10H2,1H3,(H,26,28,29)/t13-,14-/m1/s1. The Morgan fingerprint density at radius 2 is 2.00 bits per heavy atom. The van der Waals surface area contributed by atoms with Gasteiger partial charge in [0.05, 0.1) is 17.7 Å². The zero-order valence-corrected chi connectivity index (χ0v) is 19.2. The van der Waals surface area contributed by atoms with E-state index < -0.39 is 70.8 Å². The lowest BCUT2D eigenvalue weighted by molar-refractivity contribution is -0.139. The van der Waals surface area contributed by atoms with Crippen molar-refractivity contribution in [1.82, 2.24) is 24.1 Å². The Morgan fingerprint density at radius 3 is 2.54 bits per heavy atom. The number of anilines is 1. The highest BCUT2D eigenvalue weighted by Gasteiger charge is 2.52. The van der Waals surface area contributed by atoms with Crippen molar-refractivity contribution < 1.29 is 39.5 Å². The molecule has 0 radical (unpaired) electrons. The fraction of sp³-hybridized carbons (Fsp3) is 0.632. The van der Waals surface area contributed by atoms with Crippen LogP contribution in [0.5, 0.6) is 5.88 Å². The Balaban J connectivity index is 1.46. The summed E-state index contributed by atoms with van der Waals surface area (Å²) in [6, 6.07) is -1.00. The molecular formula is C19H22F6N6O3S. The quantitative estimate of drug-likeness (QED) is 0.526. The van der Waals surface area contributed by atoms with Crippen molar-refractivity contribution in [3.05, 3.63) is 24.2 Å². The van der Waals surface area contributed by atoms with Gasteiger partial charge in [0, 0.05) is 32.5 Å². The van der Waals surface area contributed by atoms with Crippen LogP contribution in [0.15, 0.2) is 23.5 Å². The number of ether oxygens (including phenoxy) is 1. The van der Waals surface area contributed by atoms with E-state index in [1.165, 1.54) is 17.9 Å². The van der Waals surface area contributed by atoms with E-state index in [-0.39, 0.29) is 30.7 Å². The van der Waals surface area contributed by atoms with Crippen molar-refractivity contribution in [2.24, 2.45) is 12.5 Å². The molecule has 0 unspecified atom stereocenters. The lowest BCUT2D eigenvalue weighted by Gasteiger charge is -2.34. The topological polar surface area (TPSA) is 102 Å². The first-order valence-electron chi connectivity index (χ1n) is 10.6. The van der Waals surface area contributed by atoms with Gasteiger partial charge in [0.1, 0.15) is 23.2 Å².